The van der Waals surface area contributed by atoms with Crippen molar-refractivity contribution >= 4 is 11.8 Å². The van der Waals surface area contributed by atoms with Crippen molar-refractivity contribution in [3.05, 3.63) is 11.8 Å². The van der Waals surface area contributed by atoms with Crippen molar-refractivity contribution < 1.29 is 14.6 Å². The van der Waals surface area contributed by atoms with Crippen molar-refractivity contribution in [2.45, 2.75) is 31.3 Å². The van der Waals surface area contributed by atoms with Gasteiger partial charge in [-0.2, -0.15) is 0 Å². The van der Waals surface area contributed by atoms with Gasteiger partial charge in [0.05, 0.1) is 6.54 Å². The Hall–Kier alpha value is -1.65. The fourth-order valence-corrected chi connectivity index (χ4v) is 3.34. The van der Waals surface area contributed by atoms with E-state index in [4.69, 9.17) is 9.84 Å². The lowest BCUT2D eigenvalue weighted by atomic mass is 10.00. The van der Waals surface area contributed by atoms with E-state index in [2.05, 4.69) is 4.90 Å². The number of hydrogen-bond acceptors (Lipinski definition) is 3. The third-order valence-corrected chi connectivity index (χ3v) is 4.11. The van der Waals surface area contributed by atoms with Crippen LogP contribution in [-0.2, 0) is 7.05 Å². The number of ether oxygens (including phenoxy) is 1. The quantitative estimate of drug-likeness (QED) is 0.826. The molecule has 2 heterocycles. The van der Waals surface area contributed by atoms with Gasteiger partial charge in [0.15, 0.2) is 11.6 Å². The molecule has 3 rings (SSSR count). The molecule has 1 spiro atoms. The summed E-state index contributed by atoms with van der Waals surface area (Å²) >= 11 is 0. The van der Waals surface area contributed by atoms with E-state index in [0.29, 0.717) is 5.75 Å². The molecule has 1 aromatic rings. The summed E-state index contributed by atoms with van der Waals surface area (Å²) in [4.78, 5) is 13.3. The van der Waals surface area contributed by atoms with Gasteiger partial charge < -0.3 is 19.3 Å². The third kappa shape index (κ3) is 1.50. The molecule has 0 aromatic carbocycles. The first-order valence-electron chi connectivity index (χ1n) is 6.36. The molecular weight excluding hydrogens is 232 g/mol. The lowest BCUT2D eigenvalue weighted by molar-refractivity contribution is 0.0684. The van der Waals surface area contributed by atoms with Crippen molar-refractivity contribution in [1.82, 2.24) is 4.57 Å². The van der Waals surface area contributed by atoms with Gasteiger partial charge in [0, 0.05) is 20.2 Å². The Morgan fingerprint density at radius 1 is 1.39 bits per heavy atom. The number of carboxylic acid groups (broad SMARTS) is 1. The van der Waals surface area contributed by atoms with Crippen LogP contribution in [0.25, 0.3) is 0 Å². The second-order valence-corrected chi connectivity index (χ2v) is 5.43. The molecular formula is C13H18N2O3. The fraction of sp³-hybridized carbons (Fsp3) is 0.615. The highest BCUT2D eigenvalue weighted by molar-refractivity contribution is 5.88. The van der Waals surface area contributed by atoms with Gasteiger partial charge in [-0.15, -0.1) is 0 Å². The lowest BCUT2D eigenvalue weighted by Gasteiger charge is -2.40. The van der Waals surface area contributed by atoms with E-state index in [1.807, 2.05) is 7.05 Å². The summed E-state index contributed by atoms with van der Waals surface area (Å²) in [6.07, 6.45) is 4.52. The molecule has 0 bridgehead atoms. The van der Waals surface area contributed by atoms with E-state index in [1.54, 1.807) is 17.7 Å². The smallest absolute Gasteiger partial charge is 0.352 e. The maximum absolute atomic E-state index is 11.2. The number of carboxylic acids is 1. The van der Waals surface area contributed by atoms with Crippen LogP contribution >= 0.6 is 0 Å². The second-order valence-electron chi connectivity index (χ2n) is 5.43. The average Bonchev–Trinajstić information content (AvgIpc) is 2.84. The predicted molar refractivity (Wildman–Crippen MR) is 67.5 cm³/mol. The van der Waals surface area contributed by atoms with Crippen LogP contribution in [0.1, 0.15) is 36.2 Å². The Labute approximate surface area is 106 Å². The Morgan fingerprint density at radius 3 is 2.67 bits per heavy atom. The highest BCUT2D eigenvalue weighted by Gasteiger charge is 2.42. The van der Waals surface area contributed by atoms with E-state index < -0.39 is 5.97 Å². The van der Waals surface area contributed by atoms with Crippen LogP contribution < -0.4 is 9.64 Å². The monoisotopic (exact) mass is 250 g/mol. The standard InChI is InChI=1S/C13H18N2O3/c1-14-8-13(5-3-4-6-13)18-10-7-9(12(16)17)15(2)11(10)14/h7H,3-6,8H2,1-2H3,(H,16,17). The number of aromatic carboxylic acids is 1. The molecule has 0 atom stereocenters. The summed E-state index contributed by atoms with van der Waals surface area (Å²) in [6, 6.07) is 1.65. The van der Waals surface area contributed by atoms with Gasteiger partial charge in [0.25, 0.3) is 0 Å². The van der Waals surface area contributed by atoms with E-state index in [1.165, 1.54) is 12.8 Å². The molecule has 0 radical (unpaired) electrons. The number of hydrogen-bond donors (Lipinski definition) is 1. The van der Waals surface area contributed by atoms with Gasteiger partial charge in [0.1, 0.15) is 11.3 Å². The molecule has 0 amide bonds. The summed E-state index contributed by atoms with van der Waals surface area (Å²) in [5.74, 6) is 0.667. The predicted octanol–water partition coefficient (Wildman–Crippen LogP) is 1.86. The minimum atomic E-state index is -0.913. The Bertz CT molecular complexity index is 501. The molecule has 0 saturated heterocycles. The Kier molecular flexibility index (Phi) is 2.33. The molecule has 0 unspecified atom stereocenters. The molecule has 5 nitrogen and oxygen atoms in total. The van der Waals surface area contributed by atoms with Crippen LogP contribution in [0.15, 0.2) is 6.07 Å². The highest BCUT2D eigenvalue weighted by atomic mass is 16.5. The lowest BCUT2D eigenvalue weighted by Crippen LogP contribution is -2.48. The normalized spacial score (nSPS) is 20.9. The number of carbonyl (C=O) groups is 1. The summed E-state index contributed by atoms with van der Waals surface area (Å²) in [7, 11) is 3.78. The molecule has 1 N–H and O–H groups in total. The summed E-state index contributed by atoms with van der Waals surface area (Å²) in [5.41, 5.74) is 0.181. The van der Waals surface area contributed by atoms with E-state index in [9.17, 15) is 4.79 Å². The molecule has 5 heteroatoms. The molecule has 1 aliphatic carbocycles. The molecule has 1 fully saturated rings. The van der Waals surface area contributed by atoms with Gasteiger partial charge in [0.2, 0.25) is 0 Å². The number of nitrogens with zero attached hydrogens (tertiary/aromatic N) is 2. The maximum Gasteiger partial charge on any atom is 0.352 e. The van der Waals surface area contributed by atoms with Gasteiger partial charge in [-0.25, -0.2) is 4.79 Å². The molecule has 1 aromatic heterocycles. The highest BCUT2D eigenvalue weighted by Crippen LogP contribution is 2.44. The third-order valence-electron chi connectivity index (χ3n) is 4.11. The van der Waals surface area contributed by atoms with E-state index in [0.717, 1.165) is 25.2 Å². The van der Waals surface area contributed by atoms with E-state index >= 15 is 0 Å². The molecule has 2 aliphatic rings. The van der Waals surface area contributed by atoms with Crippen molar-refractivity contribution in [2.24, 2.45) is 7.05 Å². The first-order valence-corrected chi connectivity index (χ1v) is 6.36. The molecule has 1 aliphatic heterocycles. The van der Waals surface area contributed by atoms with Crippen LogP contribution in [0.3, 0.4) is 0 Å². The van der Waals surface area contributed by atoms with Crippen molar-refractivity contribution in [1.29, 1.82) is 0 Å². The first-order chi connectivity index (χ1) is 8.52. The van der Waals surface area contributed by atoms with Crippen LogP contribution in [-0.4, -0.2) is 34.8 Å². The summed E-state index contributed by atoms with van der Waals surface area (Å²) in [6.45, 7) is 0.844. The van der Waals surface area contributed by atoms with E-state index in [-0.39, 0.29) is 11.3 Å². The average molecular weight is 250 g/mol. The zero-order valence-electron chi connectivity index (χ0n) is 10.8. The topological polar surface area (TPSA) is 54.7 Å². The SMILES string of the molecule is CN1CC2(CCCC2)Oc2cc(C(=O)O)n(C)c21. The number of fused-ring (bicyclic) bond motifs is 1. The second kappa shape index (κ2) is 3.67. The molecule has 98 valence electrons. The number of aromatic nitrogens is 1. The number of rotatable bonds is 1. The van der Waals surface area contributed by atoms with Crippen molar-refractivity contribution in [3.63, 3.8) is 0 Å². The van der Waals surface area contributed by atoms with Gasteiger partial charge in [-0.1, -0.05) is 0 Å². The van der Waals surface area contributed by atoms with Crippen LogP contribution in [0.4, 0.5) is 5.82 Å². The van der Waals surface area contributed by atoms with Crippen molar-refractivity contribution in [3.8, 4) is 5.75 Å². The zero-order chi connectivity index (χ0) is 12.9. The van der Waals surface area contributed by atoms with Crippen LogP contribution in [0.5, 0.6) is 5.75 Å². The number of anilines is 1. The number of likely N-dealkylation sites (N-methyl/N-ethyl adjacent to an activating group) is 1. The van der Waals surface area contributed by atoms with Gasteiger partial charge >= 0.3 is 5.97 Å². The van der Waals surface area contributed by atoms with Crippen molar-refractivity contribution in [2.75, 3.05) is 18.5 Å². The van der Waals surface area contributed by atoms with Crippen LogP contribution in [0.2, 0.25) is 0 Å². The fourth-order valence-electron chi connectivity index (χ4n) is 3.34. The largest absolute Gasteiger partial charge is 0.482 e. The minimum Gasteiger partial charge on any atom is -0.482 e. The summed E-state index contributed by atoms with van der Waals surface area (Å²) in [5, 5.41) is 9.16. The summed E-state index contributed by atoms with van der Waals surface area (Å²) < 4.78 is 7.83. The van der Waals surface area contributed by atoms with Gasteiger partial charge in [-0.05, 0) is 25.7 Å². The van der Waals surface area contributed by atoms with Gasteiger partial charge in [-0.3, -0.25) is 0 Å². The van der Waals surface area contributed by atoms with Crippen LogP contribution in [0, 0.1) is 0 Å². The maximum atomic E-state index is 11.2. The first kappa shape index (κ1) is 11.4. The molecule has 1 saturated carbocycles. The minimum absolute atomic E-state index is 0.0983. The Balaban J connectivity index is 2.04. The Morgan fingerprint density at radius 2 is 2.06 bits per heavy atom. The zero-order valence-corrected chi connectivity index (χ0v) is 10.8. The molecule has 18 heavy (non-hydrogen) atoms.